The number of hydrogen-bond acceptors (Lipinski definition) is 4. The van der Waals surface area contributed by atoms with Crippen molar-refractivity contribution in [2.75, 3.05) is 33.3 Å². The molecule has 1 fully saturated rings. The van der Waals surface area contributed by atoms with E-state index >= 15 is 0 Å². The molecule has 2 aromatic carbocycles. The molecular formula is C33H45N3O3. The van der Waals surface area contributed by atoms with Crippen LogP contribution in [-0.2, 0) is 18.4 Å². The molecule has 6 heteroatoms. The normalized spacial score (nSPS) is 22.0. The van der Waals surface area contributed by atoms with Crippen LogP contribution < -0.4 is 0 Å². The van der Waals surface area contributed by atoms with Gasteiger partial charge >= 0.3 is 0 Å². The van der Waals surface area contributed by atoms with Gasteiger partial charge in [-0.15, -0.1) is 0 Å². The quantitative estimate of drug-likeness (QED) is 0.442. The molecule has 0 unspecified atom stereocenters. The molecule has 1 saturated carbocycles. The number of ether oxygens (including phenoxy) is 1. The van der Waals surface area contributed by atoms with E-state index in [4.69, 9.17) is 4.74 Å². The number of nitrogens with zero attached hydrogens (tertiary/aromatic N) is 3. The highest BCUT2D eigenvalue weighted by atomic mass is 16.5. The fourth-order valence-electron chi connectivity index (χ4n) is 6.72. The number of aliphatic hydroxyl groups is 1. The summed E-state index contributed by atoms with van der Waals surface area (Å²) >= 11 is 0. The van der Waals surface area contributed by atoms with Gasteiger partial charge in [-0.05, 0) is 49.9 Å². The average molecular weight is 532 g/mol. The minimum absolute atomic E-state index is 0.0363. The number of aryl methyl sites for hydroxylation is 1. The third-order valence-electron chi connectivity index (χ3n) is 9.01. The molecule has 3 aromatic rings. The van der Waals surface area contributed by atoms with Gasteiger partial charge in [-0.3, -0.25) is 4.79 Å². The highest BCUT2D eigenvalue weighted by Gasteiger charge is 2.33. The molecule has 39 heavy (non-hydrogen) atoms. The van der Waals surface area contributed by atoms with E-state index in [0.717, 1.165) is 46.6 Å². The summed E-state index contributed by atoms with van der Waals surface area (Å²) in [5.74, 6) is 0.820. The smallest absolute Gasteiger partial charge is 0.271 e. The first-order valence-corrected chi connectivity index (χ1v) is 14.8. The Morgan fingerprint density at radius 2 is 1.77 bits per heavy atom. The van der Waals surface area contributed by atoms with Gasteiger partial charge in [0.05, 0.1) is 25.4 Å². The van der Waals surface area contributed by atoms with E-state index in [1.165, 1.54) is 32.1 Å². The number of amides is 1. The molecular weight excluding hydrogens is 486 g/mol. The van der Waals surface area contributed by atoms with Gasteiger partial charge in [0.2, 0.25) is 0 Å². The highest BCUT2D eigenvalue weighted by molar-refractivity contribution is 6.10. The zero-order valence-corrected chi connectivity index (χ0v) is 24.1. The lowest BCUT2D eigenvalue weighted by Crippen LogP contribution is -2.47. The summed E-state index contributed by atoms with van der Waals surface area (Å²) in [6, 6.07) is 16.3. The number of benzene rings is 2. The van der Waals surface area contributed by atoms with Gasteiger partial charge in [0, 0.05) is 49.1 Å². The fraction of sp³-hybridized carbons (Fsp3) is 0.545. The van der Waals surface area contributed by atoms with Gasteiger partial charge in [0.1, 0.15) is 5.69 Å². The molecule has 1 aliphatic carbocycles. The molecule has 3 atom stereocenters. The topological polar surface area (TPSA) is 57.9 Å². The standard InChI is InChI=1S/C33H45N3O3/c1-23-18-36(24(2)21-37)33(38)32-31(28-16-10-11-17-29(28)35(32)4)27-15-9-8-14-26(27)22-39-30(23)20-34(3)19-25-12-6-5-7-13-25/h8-11,14-17,23-25,30,37H,5-7,12-13,18-22H2,1-4H3/t23-,24+,30-/m1/s1. The number of rotatable bonds is 6. The second kappa shape index (κ2) is 12.2. The van der Waals surface area contributed by atoms with E-state index in [2.05, 4.69) is 49.2 Å². The molecule has 5 rings (SSSR count). The number of carbonyl (C=O) groups is 1. The maximum Gasteiger partial charge on any atom is 0.271 e. The van der Waals surface area contributed by atoms with E-state index in [1.807, 2.05) is 41.6 Å². The van der Waals surface area contributed by atoms with Crippen LogP contribution in [0.4, 0.5) is 0 Å². The Labute approximate surface area is 233 Å². The van der Waals surface area contributed by atoms with E-state index < -0.39 is 0 Å². The van der Waals surface area contributed by atoms with Crippen LogP contribution in [0.15, 0.2) is 48.5 Å². The van der Waals surface area contributed by atoms with Gasteiger partial charge < -0.3 is 24.2 Å². The molecule has 210 valence electrons. The summed E-state index contributed by atoms with van der Waals surface area (Å²) in [7, 11) is 4.19. The largest absolute Gasteiger partial charge is 0.394 e. The summed E-state index contributed by atoms with van der Waals surface area (Å²) < 4.78 is 8.78. The SMILES string of the molecule is C[C@@H]1CN([C@@H](C)CO)C(=O)c2c(c3ccccc3n2C)-c2ccccc2CO[C@@H]1CN(C)CC1CCCCC1. The summed E-state index contributed by atoms with van der Waals surface area (Å²) in [5.41, 5.74) is 4.78. The van der Waals surface area contributed by atoms with E-state index in [0.29, 0.717) is 18.8 Å². The molecule has 6 nitrogen and oxygen atoms in total. The van der Waals surface area contributed by atoms with Crippen LogP contribution >= 0.6 is 0 Å². The lowest BCUT2D eigenvalue weighted by atomic mass is 9.89. The monoisotopic (exact) mass is 531 g/mol. The van der Waals surface area contributed by atoms with Crippen molar-refractivity contribution in [3.63, 3.8) is 0 Å². The van der Waals surface area contributed by atoms with Gasteiger partial charge in [0.15, 0.2) is 0 Å². The summed E-state index contributed by atoms with van der Waals surface area (Å²) in [4.78, 5) is 18.8. The van der Waals surface area contributed by atoms with Crippen molar-refractivity contribution in [2.45, 2.75) is 64.7 Å². The molecule has 0 spiro atoms. The van der Waals surface area contributed by atoms with Crippen LogP contribution in [0.1, 0.15) is 62.0 Å². The van der Waals surface area contributed by atoms with Crippen molar-refractivity contribution < 1.29 is 14.6 Å². The number of fused-ring (bicyclic) bond motifs is 5. The summed E-state index contributed by atoms with van der Waals surface area (Å²) in [6.45, 7) is 6.99. The molecule has 1 amide bonds. The third-order valence-corrected chi connectivity index (χ3v) is 9.01. The first kappa shape index (κ1) is 27.9. The number of para-hydroxylation sites is 1. The van der Waals surface area contributed by atoms with Gasteiger partial charge in [0.25, 0.3) is 5.91 Å². The van der Waals surface area contributed by atoms with Crippen molar-refractivity contribution >= 4 is 16.8 Å². The highest BCUT2D eigenvalue weighted by Crippen LogP contribution is 2.38. The van der Waals surface area contributed by atoms with Gasteiger partial charge in [-0.25, -0.2) is 0 Å². The Balaban J connectivity index is 1.55. The predicted octanol–water partition coefficient (Wildman–Crippen LogP) is 5.72. The van der Waals surface area contributed by atoms with E-state index in [1.54, 1.807) is 0 Å². The Bertz CT molecular complexity index is 1280. The molecule has 0 radical (unpaired) electrons. The van der Waals surface area contributed by atoms with Crippen molar-refractivity contribution in [3.05, 3.63) is 59.8 Å². The minimum atomic E-state index is -0.303. The predicted molar refractivity (Wildman–Crippen MR) is 158 cm³/mol. The van der Waals surface area contributed by atoms with Crippen LogP contribution in [0.3, 0.4) is 0 Å². The second-order valence-electron chi connectivity index (χ2n) is 12.0. The van der Waals surface area contributed by atoms with Crippen molar-refractivity contribution in [2.24, 2.45) is 18.9 Å². The van der Waals surface area contributed by atoms with Crippen LogP contribution in [0, 0.1) is 11.8 Å². The Morgan fingerprint density at radius 1 is 1.05 bits per heavy atom. The Hall–Kier alpha value is -2.67. The van der Waals surface area contributed by atoms with Crippen LogP contribution in [0.25, 0.3) is 22.0 Å². The molecule has 1 N–H and O–H groups in total. The van der Waals surface area contributed by atoms with Crippen molar-refractivity contribution in [1.29, 1.82) is 0 Å². The van der Waals surface area contributed by atoms with Crippen LogP contribution in [-0.4, -0.2) is 70.8 Å². The lowest BCUT2D eigenvalue weighted by Gasteiger charge is -2.36. The molecule has 2 heterocycles. The average Bonchev–Trinajstić information content (AvgIpc) is 3.24. The number of carbonyl (C=O) groups excluding carboxylic acids is 1. The minimum Gasteiger partial charge on any atom is -0.394 e. The maximum atomic E-state index is 14.4. The summed E-state index contributed by atoms with van der Waals surface area (Å²) in [6.07, 6.45) is 6.66. The first-order chi connectivity index (χ1) is 18.9. The summed E-state index contributed by atoms with van der Waals surface area (Å²) in [5, 5.41) is 11.3. The van der Waals surface area contributed by atoms with Gasteiger partial charge in [-0.2, -0.15) is 0 Å². The maximum absolute atomic E-state index is 14.4. The number of likely N-dealkylation sites (N-methyl/N-ethyl adjacent to an activating group) is 1. The van der Waals surface area contributed by atoms with Crippen LogP contribution in [0.5, 0.6) is 0 Å². The lowest BCUT2D eigenvalue weighted by molar-refractivity contribution is -0.0253. The zero-order chi connectivity index (χ0) is 27.5. The number of aromatic nitrogens is 1. The second-order valence-corrected chi connectivity index (χ2v) is 12.0. The van der Waals surface area contributed by atoms with Crippen molar-refractivity contribution in [3.8, 4) is 11.1 Å². The molecule has 1 aromatic heterocycles. The Kier molecular flexibility index (Phi) is 8.75. The van der Waals surface area contributed by atoms with Crippen LogP contribution in [0.2, 0.25) is 0 Å². The fourth-order valence-corrected chi connectivity index (χ4v) is 6.72. The molecule has 0 saturated heterocycles. The molecule has 1 aliphatic heterocycles. The Morgan fingerprint density at radius 3 is 2.54 bits per heavy atom. The number of hydrogen-bond donors (Lipinski definition) is 1. The molecule has 0 bridgehead atoms. The number of aliphatic hydroxyl groups excluding tert-OH is 1. The third kappa shape index (κ3) is 5.79. The first-order valence-electron chi connectivity index (χ1n) is 14.8. The van der Waals surface area contributed by atoms with Crippen molar-refractivity contribution in [1.82, 2.24) is 14.4 Å². The molecule has 2 aliphatic rings. The van der Waals surface area contributed by atoms with E-state index in [-0.39, 0.29) is 30.6 Å². The zero-order valence-electron chi connectivity index (χ0n) is 24.1. The van der Waals surface area contributed by atoms with E-state index in [9.17, 15) is 9.90 Å². The van der Waals surface area contributed by atoms with Gasteiger partial charge in [-0.1, -0.05) is 68.7 Å².